The quantitative estimate of drug-likeness (QED) is 0.833. The number of urea groups is 1. The van der Waals surface area contributed by atoms with Gasteiger partial charge in [-0.2, -0.15) is 13.2 Å². The summed E-state index contributed by atoms with van der Waals surface area (Å²) in [6.45, 7) is 0.217. The van der Waals surface area contributed by atoms with Crippen LogP contribution in [0.1, 0.15) is 13.3 Å². The molecule has 1 heterocycles. The number of hydrogen-bond donors (Lipinski definition) is 1. The van der Waals surface area contributed by atoms with Gasteiger partial charge in [0.2, 0.25) is 0 Å². The standard InChI is InChI=1S/C12H19F3N2O4/c1-3-4-17(7-12(13,14)15)11(20)16(2)9-6-21-5-8(9)10(18)19/h8-9H,3-7H2,1-2H3,(H,18,19). The van der Waals surface area contributed by atoms with Crippen molar-refractivity contribution in [2.75, 3.05) is 33.4 Å². The Hall–Kier alpha value is -1.51. The highest BCUT2D eigenvalue weighted by molar-refractivity contribution is 5.77. The van der Waals surface area contributed by atoms with Gasteiger partial charge >= 0.3 is 18.2 Å². The number of carbonyl (C=O) groups is 2. The van der Waals surface area contributed by atoms with Crippen molar-refractivity contribution in [1.82, 2.24) is 9.80 Å². The molecule has 0 saturated carbocycles. The van der Waals surface area contributed by atoms with Crippen LogP contribution in [-0.4, -0.2) is 72.5 Å². The Morgan fingerprint density at radius 3 is 2.43 bits per heavy atom. The summed E-state index contributed by atoms with van der Waals surface area (Å²) < 4.78 is 42.5. The average Bonchev–Trinajstić information content (AvgIpc) is 2.84. The minimum atomic E-state index is -4.50. The summed E-state index contributed by atoms with van der Waals surface area (Å²) in [4.78, 5) is 24.9. The molecule has 1 saturated heterocycles. The molecular weight excluding hydrogens is 293 g/mol. The molecule has 9 heteroatoms. The van der Waals surface area contributed by atoms with Gasteiger partial charge in [0.15, 0.2) is 0 Å². The fourth-order valence-corrected chi connectivity index (χ4v) is 2.25. The Bertz CT molecular complexity index is 389. The van der Waals surface area contributed by atoms with Gasteiger partial charge in [0.25, 0.3) is 0 Å². The zero-order valence-electron chi connectivity index (χ0n) is 11.9. The lowest BCUT2D eigenvalue weighted by atomic mass is 10.0. The molecule has 6 nitrogen and oxygen atoms in total. The lowest BCUT2D eigenvalue weighted by molar-refractivity contribution is -0.144. The molecule has 0 spiro atoms. The molecule has 0 aromatic rings. The second kappa shape index (κ2) is 6.97. The molecule has 1 rings (SSSR count). The molecule has 2 atom stereocenters. The Balaban J connectivity index is 2.80. The van der Waals surface area contributed by atoms with E-state index < -0.39 is 36.7 Å². The molecule has 0 bridgehead atoms. The van der Waals surface area contributed by atoms with Crippen LogP contribution in [0.15, 0.2) is 0 Å². The van der Waals surface area contributed by atoms with Crippen LogP contribution in [0.25, 0.3) is 0 Å². The van der Waals surface area contributed by atoms with Crippen LogP contribution in [0.4, 0.5) is 18.0 Å². The number of nitrogens with zero attached hydrogens (tertiary/aromatic N) is 2. The van der Waals surface area contributed by atoms with Gasteiger partial charge in [-0.25, -0.2) is 4.79 Å². The first-order chi connectivity index (χ1) is 9.67. The van der Waals surface area contributed by atoms with Gasteiger partial charge in [0.1, 0.15) is 12.5 Å². The largest absolute Gasteiger partial charge is 0.481 e. The van der Waals surface area contributed by atoms with Crippen molar-refractivity contribution < 1.29 is 32.6 Å². The molecule has 21 heavy (non-hydrogen) atoms. The van der Waals surface area contributed by atoms with E-state index in [4.69, 9.17) is 9.84 Å². The third kappa shape index (κ3) is 4.76. The predicted molar refractivity (Wildman–Crippen MR) is 66.8 cm³/mol. The predicted octanol–water partition coefficient (Wildman–Crippen LogP) is 1.41. The summed E-state index contributed by atoms with van der Waals surface area (Å²) >= 11 is 0. The summed E-state index contributed by atoms with van der Waals surface area (Å²) in [6.07, 6.45) is -4.12. The van der Waals surface area contributed by atoms with Crippen LogP contribution < -0.4 is 0 Å². The Morgan fingerprint density at radius 2 is 1.95 bits per heavy atom. The lowest BCUT2D eigenvalue weighted by Crippen LogP contribution is -2.52. The number of likely N-dealkylation sites (N-methyl/N-ethyl adjacent to an activating group) is 1. The van der Waals surface area contributed by atoms with Crippen LogP contribution in [-0.2, 0) is 9.53 Å². The van der Waals surface area contributed by atoms with E-state index in [2.05, 4.69) is 0 Å². The fourth-order valence-electron chi connectivity index (χ4n) is 2.25. The Morgan fingerprint density at radius 1 is 1.33 bits per heavy atom. The van der Waals surface area contributed by atoms with Crippen LogP contribution >= 0.6 is 0 Å². The van der Waals surface area contributed by atoms with Gasteiger partial charge < -0.3 is 19.6 Å². The first-order valence-electron chi connectivity index (χ1n) is 6.56. The van der Waals surface area contributed by atoms with E-state index in [1.807, 2.05) is 0 Å². The van der Waals surface area contributed by atoms with E-state index in [1.54, 1.807) is 6.92 Å². The van der Waals surface area contributed by atoms with Gasteiger partial charge in [-0.1, -0.05) is 6.92 Å². The number of hydrogen-bond acceptors (Lipinski definition) is 3. The van der Waals surface area contributed by atoms with E-state index in [9.17, 15) is 22.8 Å². The molecule has 2 amide bonds. The highest BCUT2D eigenvalue weighted by Gasteiger charge is 2.41. The van der Waals surface area contributed by atoms with E-state index in [-0.39, 0.29) is 19.8 Å². The normalized spacial score (nSPS) is 22.1. The van der Waals surface area contributed by atoms with E-state index in [0.717, 1.165) is 4.90 Å². The molecule has 1 N–H and O–H groups in total. The molecule has 0 aromatic carbocycles. The van der Waals surface area contributed by atoms with E-state index in [0.29, 0.717) is 11.3 Å². The second-order valence-corrected chi connectivity index (χ2v) is 4.98. The van der Waals surface area contributed by atoms with Crippen molar-refractivity contribution in [2.45, 2.75) is 25.6 Å². The number of carbonyl (C=O) groups excluding carboxylic acids is 1. The van der Waals surface area contributed by atoms with Gasteiger partial charge in [-0.05, 0) is 6.42 Å². The first kappa shape index (κ1) is 17.5. The average molecular weight is 312 g/mol. The maximum atomic E-state index is 12.5. The molecule has 1 fully saturated rings. The van der Waals surface area contributed by atoms with Crippen LogP contribution in [0.2, 0.25) is 0 Å². The minimum absolute atomic E-state index is 0.00515. The van der Waals surface area contributed by atoms with E-state index in [1.165, 1.54) is 7.05 Å². The van der Waals surface area contributed by atoms with Gasteiger partial charge in [0, 0.05) is 13.6 Å². The van der Waals surface area contributed by atoms with Crippen molar-refractivity contribution in [3.8, 4) is 0 Å². The number of rotatable bonds is 5. The monoisotopic (exact) mass is 312 g/mol. The minimum Gasteiger partial charge on any atom is -0.481 e. The summed E-state index contributed by atoms with van der Waals surface area (Å²) in [5.41, 5.74) is 0. The molecule has 2 unspecified atom stereocenters. The summed E-state index contributed by atoms with van der Waals surface area (Å²) in [6, 6.07) is -1.60. The first-order valence-corrected chi connectivity index (χ1v) is 6.56. The van der Waals surface area contributed by atoms with E-state index >= 15 is 0 Å². The molecule has 122 valence electrons. The number of carboxylic acids is 1. The van der Waals surface area contributed by atoms with Crippen molar-refractivity contribution in [3.05, 3.63) is 0 Å². The zero-order valence-corrected chi connectivity index (χ0v) is 11.9. The highest BCUT2D eigenvalue weighted by Crippen LogP contribution is 2.22. The fraction of sp³-hybridized carbons (Fsp3) is 0.833. The number of amides is 2. The Kier molecular flexibility index (Phi) is 5.82. The maximum Gasteiger partial charge on any atom is 0.406 e. The molecule has 0 radical (unpaired) electrons. The molecule has 1 aliphatic rings. The lowest BCUT2D eigenvalue weighted by Gasteiger charge is -2.32. The number of alkyl halides is 3. The van der Waals surface area contributed by atoms with Crippen molar-refractivity contribution in [1.29, 1.82) is 0 Å². The van der Waals surface area contributed by atoms with Crippen LogP contribution in [0.3, 0.4) is 0 Å². The number of carboxylic acid groups (broad SMARTS) is 1. The number of ether oxygens (including phenoxy) is 1. The summed E-state index contributed by atoms with van der Waals surface area (Å²) in [7, 11) is 1.30. The van der Waals surface area contributed by atoms with Crippen LogP contribution in [0.5, 0.6) is 0 Å². The van der Waals surface area contributed by atoms with Crippen LogP contribution in [0, 0.1) is 5.92 Å². The molecular formula is C12H19F3N2O4. The third-order valence-electron chi connectivity index (χ3n) is 3.30. The van der Waals surface area contributed by atoms with Gasteiger partial charge in [-0.15, -0.1) is 0 Å². The van der Waals surface area contributed by atoms with Crippen molar-refractivity contribution >= 4 is 12.0 Å². The highest BCUT2D eigenvalue weighted by atomic mass is 19.4. The molecule has 0 aromatic heterocycles. The zero-order chi connectivity index (χ0) is 16.2. The van der Waals surface area contributed by atoms with Crippen molar-refractivity contribution in [2.24, 2.45) is 5.92 Å². The molecule has 0 aliphatic carbocycles. The topological polar surface area (TPSA) is 70.1 Å². The van der Waals surface area contributed by atoms with Gasteiger partial charge in [-0.3, -0.25) is 4.79 Å². The van der Waals surface area contributed by atoms with Gasteiger partial charge in [0.05, 0.1) is 19.3 Å². The Labute approximate surface area is 120 Å². The number of aliphatic carboxylic acids is 1. The number of halogens is 3. The SMILES string of the molecule is CCCN(CC(F)(F)F)C(=O)N(C)C1COCC1C(=O)O. The smallest absolute Gasteiger partial charge is 0.406 e. The summed E-state index contributed by atoms with van der Waals surface area (Å²) in [5.74, 6) is -2.05. The molecule has 1 aliphatic heterocycles. The van der Waals surface area contributed by atoms with Crippen molar-refractivity contribution in [3.63, 3.8) is 0 Å². The third-order valence-corrected chi connectivity index (χ3v) is 3.30. The second-order valence-electron chi connectivity index (χ2n) is 4.98. The maximum absolute atomic E-state index is 12.5. The summed E-state index contributed by atoms with van der Waals surface area (Å²) in [5, 5.41) is 9.03.